The highest BCUT2D eigenvalue weighted by Crippen LogP contribution is 2.27. The van der Waals surface area contributed by atoms with Crippen molar-refractivity contribution in [3.63, 3.8) is 0 Å². The van der Waals surface area contributed by atoms with E-state index in [1.54, 1.807) is 11.0 Å². The third-order valence-corrected chi connectivity index (χ3v) is 8.47. The van der Waals surface area contributed by atoms with Crippen LogP contribution in [0.5, 0.6) is 0 Å². The van der Waals surface area contributed by atoms with Gasteiger partial charge in [-0.2, -0.15) is 4.31 Å². The van der Waals surface area contributed by atoms with Crippen molar-refractivity contribution in [3.05, 3.63) is 63.8 Å². The molecule has 0 saturated carbocycles. The number of sulfonamides is 1. The molecule has 1 aromatic heterocycles. The number of ketones is 1. The number of hydrogen-bond donors (Lipinski definition) is 0. The molecule has 3 rings (SSSR count). The summed E-state index contributed by atoms with van der Waals surface area (Å²) in [6.07, 6.45) is 2.61. The molecule has 166 valence electrons. The highest BCUT2D eigenvalue weighted by atomic mass is 35.5. The first kappa shape index (κ1) is 23.7. The third kappa shape index (κ3) is 5.63. The van der Waals surface area contributed by atoms with Crippen LogP contribution in [0.15, 0.2) is 53.9 Å². The van der Waals surface area contributed by atoms with Gasteiger partial charge in [0.25, 0.3) is 0 Å². The predicted molar refractivity (Wildman–Crippen MR) is 123 cm³/mol. The lowest BCUT2D eigenvalue weighted by Gasteiger charge is -2.33. The molecule has 0 spiro atoms. The van der Waals surface area contributed by atoms with E-state index in [-0.39, 0.29) is 35.6 Å². The molecule has 1 aliphatic heterocycles. The van der Waals surface area contributed by atoms with Gasteiger partial charge in [0.15, 0.2) is 5.78 Å². The van der Waals surface area contributed by atoms with Crippen LogP contribution in [-0.4, -0.2) is 48.9 Å². The Bertz CT molecular complexity index is 1060. The van der Waals surface area contributed by atoms with Crippen LogP contribution in [0, 0.1) is 5.92 Å². The minimum atomic E-state index is -3.66. The van der Waals surface area contributed by atoms with E-state index in [1.807, 2.05) is 12.1 Å². The summed E-state index contributed by atoms with van der Waals surface area (Å²) in [5.41, 5.74) is 0.470. The second kappa shape index (κ2) is 10.1. The van der Waals surface area contributed by atoms with Crippen molar-refractivity contribution in [3.8, 4) is 0 Å². The fourth-order valence-electron chi connectivity index (χ4n) is 3.63. The van der Waals surface area contributed by atoms with E-state index in [4.69, 9.17) is 11.6 Å². The number of thiophene rings is 1. The van der Waals surface area contributed by atoms with Gasteiger partial charge in [0.05, 0.1) is 15.8 Å². The van der Waals surface area contributed by atoms with Crippen molar-refractivity contribution in [1.29, 1.82) is 0 Å². The first-order chi connectivity index (χ1) is 14.7. The van der Waals surface area contributed by atoms with Crippen molar-refractivity contribution < 1.29 is 18.0 Å². The Kier molecular flexibility index (Phi) is 7.69. The van der Waals surface area contributed by atoms with E-state index in [9.17, 15) is 18.0 Å². The first-order valence-corrected chi connectivity index (χ1v) is 12.6. The zero-order chi connectivity index (χ0) is 22.6. The summed E-state index contributed by atoms with van der Waals surface area (Å²) < 4.78 is 28.0. The Morgan fingerprint density at radius 1 is 1.19 bits per heavy atom. The number of piperidine rings is 1. The van der Waals surface area contributed by atoms with Gasteiger partial charge in [-0.05, 0) is 44.0 Å². The minimum absolute atomic E-state index is 0.00674. The van der Waals surface area contributed by atoms with E-state index in [1.165, 1.54) is 46.8 Å². The molecular weight excluding hydrogens is 456 g/mol. The summed E-state index contributed by atoms with van der Waals surface area (Å²) in [6.45, 7) is 6.63. The average Bonchev–Trinajstić information content (AvgIpc) is 3.17. The number of rotatable bonds is 8. The van der Waals surface area contributed by atoms with Gasteiger partial charge in [-0.1, -0.05) is 29.8 Å². The molecule has 6 nitrogen and oxygen atoms in total. The molecule has 1 saturated heterocycles. The number of carbonyl (C=O) groups is 2. The van der Waals surface area contributed by atoms with Crippen LogP contribution in [-0.2, 0) is 21.4 Å². The number of amides is 1. The van der Waals surface area contributed by atoms with Gasteiger partial charge in [0.2, 0.25) is 15.9 Å². The van der Waals surface area contributed by atoms with Gasteiger partial charge < -0.3 is 4.90 Å². The van der Waals surface area contributed by atoms with E-state index < -0.39 is 10.0 Å². The van der Waals surface area contributed by atoms with E-state index >= 15 is 0 Å². The van der Waals surface area contributed by atoms with Gasteiger partial charge in [-0.15, -0.1) is 17.9 Å². The van der Waals surface area contributed by atoms with E-state index in [2.05, 4.69) is 6.58 Å². The summed E-state index contributed by atoms with van der Waals surface area (Å²) in [5.74, 6) is -0.341. The van der Waals surface area contributed by atoms with Crippen molar-refractivity contribution in [2.45, 2.75) is 31.2 Å². The largest absolute Gasteiger partial charge is 0.334 e. The highest BCUT2D eigenvalue weighted by molar-refractivity contribution is 7.89. The van der Waals surface area contributed by atoms with Gasteiger partial charge in [-0.3, -0.25) is 9.59 Å². The molecular formula is C22H25ClN2O4S2. The van der Waals surface area contributed by atoms with E-state index in [0.29, 0.717) is 35.8 Å². The smallest absolute Gasteiger partial charge is 0.243 e. The van der Waals surface area contributed by atoms with Crippen LogP contribution in [0.25, 0.3) is 0 Å². The van der Waals surface area contributed by atoms with Crippen LogP contribution in [0.3, 0.4) is 0 Å². The number of carbonyl (C=O) groups excluding carboxylic acids is 2. The summed E-state index contributed by atoms with van der Waals surface area (Å²) in [6, 6.07) is 9.68. The number of halogens is 1. The fourth-order valence-corrected chi connectivity index (χ4v) is 6.20. The van der Waals surface area contributed by atoms with Crippen LogP contribution >= 0.6 is 22.9 Å². The zero-order valence-electron chi connectivity index (χ0n) is 17.3. The number of benzene rings is 1. The Balaban J connectivity index is 1.64. The number of nitrogens with zero attached hydrogens (tertiary/aromatic N) is 2. The summed E-state index contributed by atoms with van der Waals surface area (Å²) >= 11 is 7.44. The first-order valence-electron chi connectivity index (χ1n) is 9.97. The second-order valence-electron chi connectivity index (χ2n) is 7.47. The standard InChI is InChI=1S/C22H25ClN2O4S2/c1-3-12-24(15-19-6-9-21(23)30-19)22(27)18-10-13-25(14-11-18)31(28,29)20-7-4-17(5-8-20)16(2)26/h3-9,18H,1,10-15H2,2H3. The number of hydrogen-bond acceptors (Lipinski definition) is 5. The van der Waals surface area contributed by atoms with Gasteiger partial charge in [-0.25, -0.2) is 8.42 Å². The highest BCUT2D eigenvalue weighted by Gasteiger charge is 2.33. The predicted octanol–water partition coefficient (Wildman–Crippen LogP) is 4.22. The average molecular weight is 481 g/mol. The van der Waals surface area contributed by atoms with Gasteiger partial charge >= 0.3 is 0 Å². The zero-order valence-corrected chi connectivity index (χ0v) is 19.7. The van der Waals surface area contributed by atoms with Crippen LogP contribution in [0.1, 0.15) is 35.0 Å². The Morgan fingerprint density at radius 2 is 1.84 bits per heavy atom. The maximum absolute atomic E-state index is 13.1. The van der Waals surface area contributed by atoms with Gasteiger partial charge in [0, 0.05) is 36.0 Å². The van der Waals surface area contributed by atoms with E-state index in [0.717, 1.165) is 4.88 Å². The number of Topliss-reactive ketones (excluding diaryl/α,β-unsaturated/α-hetero) is 1. The monoisotopic (exact) mass is 480 g/mol. The molecule has 9 heteroatoms. The molecule has 0 radical (unpaired) electrons. The molecule has 1 amide bonds. The molecule has 2 aromatic rings. The maximum Gasteiger partial charge on any atom is 0.243 e. The maximum atomic E-state index is 13.1. The Morgan fingerprint density at radius 3 is 2.35 bits per heavy atom. The quantitative estimate of drug-likeness (QED) is 0.418. The molecule has 31 heavy (non-hydrogen) atoms. The normalized spacial score (nSPS) is 15.5. The lowest BCUT2D eigenvalue weighted by Crippen LogP contribution is -2.44. The van der Waals surface area contributed by atoms with Crippen molar-refractivity contribution in [1.82, 2.24) is 9.21 Å². The molecule has 1 aromatic carbocycles. The lowest BCUT2D eigenvalue weighted by molar-refractivity contribution is -0.136. The van der Waals surface area contributed by atoms with Gasteiger partial charge in [0.1, 0.15) is 0 Å². The second-order valence-corrected chi connectivity index (χ2v) is 11.2. The van der Waals surface area contributed by atoms with Crippen LogP contribution < -0.4 is 0 Å². The molecule has 0 aliphatic carbocycles. The molecule has 0 unspecified atom stereocenters. The molecule has 1 fully saturated rings. The molecule has 0 atom stereocenters. The SMILES string of the molecule is C=CCN(Cc1ccc(Cl)s1)C(=O)C1CCN(S(=O)(=O)c2ccc(C(C)=O)cc2)CC1. The fraction of sp³-hybridized carbons (Fsp3) is 0.364. The van der Waals surface area contributed by atoms with Crippen LogP contribution in [0.2, 0.25) is 4.34 Å². The minimum Gasteiger partial charge on any atom is -0.334 e. The van der Waals surface area contributed by atoms with Crippen LogP contribution in [0.4, 0.5) is 0 Å². The molecule has 1 aliphatic rings. The lowest BCUT2D eigenvalue weighted by atomic mass is 9.96. The molecule has 2 heterocycles. The van der Waals surface area contributed by atoms with Crippen molar-refractivity contribution >= 4 is 44.7 Å². The summed E-state index contributed by atoms with van der Waals surface area (Å²) in [7, 11) is -3.66. The molecule has 0 bridgehead atoms. The van der Waals surface area contributed by atoms with Crippen molar-refractivity contribution in [2.75, 3.05) is 19.6 Å². The summed E-state index contributed by atoms with van der Waals surface area (Å²) in [5, 5.41) is 0. The Hall–Kier alpha value is -2.00. The van der Waals surface area contributed by atoms with Crippen molar-refractivity contribution in [2.24, 2.45) is 5.92 Å². The topological polar surface area (TPSA) is 74.8 Å². The molecule has 0 N–H and O–H groups in total. The summed E-state index contributed by atoms with van der Waals surface area (Å²) in [4.78, 5) is 27.4. The Labute approximate surface area is 192 Å². The third-order valence-electron chi connectivity index (χ3n) is 5.34.